The fourth-order valence-electron chi connectivity index (χ4n) is 1.50. The Labute approximate surface area is 116 Å². The largest absolute Gasteiger partial charge is 0.295 e. The molecule has 1 aromatic rings. The van der Waals surface area contributed by atoms with Crippen LogP contribution in [0.25, 0.3) is 0 Å². The molecule has 0 amide bonds. The lowest BCUT2D eigenvalue weighted by atomic mass is 10.2. The van der Waals surface area contributed by atoms with Gasteiger partial charge in [-0.15, -0.1) is 11.6 Å². The summed E-state index contributed by atoms with van der Waals surface area (Å²) >= 11 is 15.4. The summed E-state index contributed by atoms with van der Waals surface area (Å²) < 4.78 is 1.01. The third-order valence-electron chi connectivity index (χ3n) is 2.49. The van der Waals surface area contributed by atoms with Gasteiger partial charge in [-0.25, -0.2) is 0 Å². The van der Waals surface area contributed by atoms with Gasteiger partial charge >= 0.3 is 0 Å². The molecule has 0 heterocycles. The van der Waals surface area contributed by atoms with Gasteiger partial charge in [-0.05, 0) is 31.5 Å². The second kappa shape index (κ2) is 6.85. The molecular weight excluding hydrogens is 309 g/mol. The maximum absolute atomic E-state index is 6.19. The Morgan fingerprint density at radius 2 is 2.06 bits per heavy atom. The first kappa shape index (κ1) is 14.3. The van der Waals surface area contributed by atoms with Gasteiger partial charge in [-0.3, -0.25) is 4.90 Å². The first-order chi connectivity index (χ1) is 7.54. The molecule has 0 aromatic heterocycles. The Morgan fingerprint density at radius 1 is 1.38 bits per heavy atom. The Kier molecular flexibility index (Phi) is 6.12. The predicted molar refractivity (Wildman–Crippen MR) is 75.4 cm³/mol. The van der Waals surface area contributed by atoms with E-state index in [4.69, 9.17) is 23.2 Å². The molecule has 0 bridgehead atoms. The van der Waals surface area contributed by atoms with Crippen molar-refractivity contribution in [2.75, 3.05) is 12.4 Å². The molecule has 0 radical (unpaired) electrons. The molecule has 0 aliphatic rings. The van der Waals surface area contributed by atoms with Crippen LogP contribution in [0.3, 0.4) is 0 Å². The Hall–Kier alpha value is 0.240. The minimum Gasteiger partial charge on any atom is -0.295 e. The van der Waals surface area contributed by atoms with Crippen LogP contribution in [0, 0.1) is 0 Å². The van der Waals surface area contributed by atoms with Crippen molar-refractivity contribution in [1.82, 2.24) is 4.90 Å². The van der Waals surface area contributed by atoms with Crippen LogP contribution in [0.15, 0.2) is 22.7 Å². The number of alkyl halides is 1. The van der Waals surface area contributed by atoms with E-state index >= 15 is 0 Å². The summed E-state index contributed by atoms with van der Waals surface area (Å²) in [5.41, 5.74) is 1.14. The molecule has 16 heavy (non-hydrogen) atoms. The molecule has 1 aromatic carbocycles. The average Bonchev–Trinajstić information content (AvgIpc) is 2.20. The first-order valence-electron chi connectivity index (χ1n) is 5.28. The molecule has 0 spiro atoms. The van der Waals surface area contributed by atoms with Crippen LogP contribution in [-0.2, 0) is 6.54 Å². The molecule has 1 rings (SSSR count). The van der Waals surface area contributed by atoms with E-state index in [1.165, 1.54) is 0 Å². The van der Waals surface area contributed by atoms with E-state index in [0.29, 0.717) is 11.9 Å². The molecule has 0 fully saturated rings. The molecule has 0 atom stereocenters. The van der Waals surface area contributed by atoms with E-state index in [1.54, 1.807) is 0 Å². The molecular formula is C12H16BrCl2N. The van der Waals surface area contributed by atoms with Gasteiger partial charge in [0.25, 0.3) is 0 Å². The zero-order chi connectivity index (χ0) is 12.1. The Balaban J connectivity index is 2.77. The van der Waals surface area contributed by atoms with Crippen LogP contribution in [-0.4, -0.2) is 23.4 Å². The number of hydrogen-bond acceptors (Lipinski definition) is 1. The third-order valence-corrected chi connectivity index (χ3v) is 3.50. The van der Waals surface area contributed by atoms with Crippen LogP contribution in [0.4, 0.5) is 0 Å². The van der Waals surface area contributed by atoms with Crippen molar-refractivity contribution in [3.05, 3.63) is 33.3 Å². The molecule has 0 aliphatic carbocycles. The highest BCUT2D eigenvalue weighted by Crippen LogP contribution is 2.23. The van der Waals surface area contributed by atoms with E-state index < -0.39 is 0 Å². The van der Waals surface area contributed by atoms with Crippen LogP contribution in [0.5, 0.6) is 0 Å². The summed E-state index contributed by atoms with van der Waals surface area (Å²) in [6, 6.07) is 6.46. The van der Waals surface area contributed by atoms with Gasteiger partial charge in [0, 0.05) is 34.5 Å². The Morgan fingerprint density at radius 3 is 2.56 bits per heavy atom. The smallest absolute Gasteiger partial charge is 0.0462 e. The minimum atomic E-state index is 0.471. The number of nitrogens with zero attached hydrogens (tertiary/aromatic N) is 1. The van der Waals surface area contributed by atoms with Crippen molar-refractivity contribution >= 4 is 39.1 Å². The second-order valence-electron chi connectivity index (χ2n) is 3.99. The number of benzene rings is 1. The maximum atomic E-state index is 6.19. The molecule has 0 unspecified atom stereocenters. The fourth-order valence-corrected chi connectivity index (χ4v) is 2.45. The molecule has 0 aliphatic heterocycles. The highest BCUT2D eigenvalue weighted by Gasteiger charge is 2.11. The summed E-state index contributed by atoms with van der Waals surface area (Å²) in [4.78, 5) is 2.31. The lowest BCUT2D eigenvalue weighted by Gasteiger charge is -2.26. The van der Waals surface area contributed by atoms with Crippen molar-refractivity contribution in [1.29, 1.82) is 0 Å². The van der Waals surface area contributed by atoms with Crippen LogP contribution >= 0.6 is 39.1 Å². The fraction of sp³-hybridized carbons (Fsp3) is 0.500. The summed E-state index contributed by atoms with van der Waals surface area (Å²) in [5.74, 6) is 0.645. The second-order valence-corrected chi connectivity index (χ2v) is 5.69. The van der Waals surface area contributed by atoms with Crippen molar-refractivity contribution in [3.8, 4) is 0 Å². The SMILES string of the molecule is CC(C)N(CCCl)Cc1ccc(Br)cc1Cl. The summed E-state index contributed by atoms with van der Waals surface area (Å²) in [5, 5.41) is 0.801. The quantitative estimate of drug-likeness (QED) is 0.718. The zero-order valence-corrected chi connectivity index (χ0v) is 12.6. The molecule has 0 saturated carbocycles. The van der Waals surface area contributed by atoms with Crippen molar-refractivity contribution in [3.63, 3.8) is 0 Å². The van der Waals surface area contributed by atoms with E-state index in [9.17, 15) is 0 Å². The van der Waals surface area contributed by atoms with E-state index in [1.807, 2.05) is 12.1 Å². The van der Waals surface area contributed by atoms with Crippen molar-refractivity contribution in [2.24, 2.45) is 0 Å². The Bertz CT molecular complexity index is 342. The van der Waals surface area contributed by atoms with Crippen molar-refractivity contribution in [2.45, 2.75) is 26.4 Å². The van der Waals surface area contributed by atoms with Gasteiger partial charge in [0.05, 0.1) is 0 Å². The summed E-state index contributed by atoms with van der Waals surface area (Å²) in [7, 11) is 0. The normalized spacial score (nSPS) is 11.4. The van der Waals surface area contributed by atoms with Crippen LogP contribution in [0.2, 0.25) is 5.02 Å². The summed E-state index contributed by atoms with van der Waals surface area (Å²) in [6.07, 6.45) is 0. The highest BCUT2D eigenvalue weighted by molar-refractivity contribution is 9.10. The van der Waals surface area contributed by atoms with Gasteiger partial charge < -0.3 is 0 Å². The number of rotatable bonds is 5. The van der Waals surface area contributed by atoms with Crippen molar-refractivity contribution < 1.29 is 0 Å². The standard InChI is InChI=1S/C12H16BrCl2N/c1-9(2)16(6-5-14)8-10-3-4-11(13)7-12(10)15/h3-4,7,9H,5-6,8H2,1-2H3. The monoisotopic (exact) mass is 323 g/mol. The zero-order valence-electron chi connectivity index (χ0n) is 9.51. The summed E-state index contributed by atoms with van der Waals surface area (Å²) in [6.45, 7) is 6.06. The third kappa shape index (κ3) is 4.25. The maximum Gasteiger partial charge on any atom is 0.0462 e. The number of halogens is 3. The van der Waals surface area contributed by atoms with E-state index in [0.717, 1.165) is 28.1 Å². The molecule has 90 valence electrons. The van der Waals surface area contributed by atoms with E-state index in [2.05, 4.69) is 40.7 Å². The van der Waals surface area contributed by atoms with Crippen LogP contribution in [0.1, 0.15) is 19.4 Å². The van der Waals surface area contributed by atoms with Gasteiger partial charge in [-0.1, -0.05) is 33.6 Å². The highest BCUT2D eigenvalue weighted by atomic mass is 79.9. The topological polar surface area (TPSA) is 3.24 Å². The molecule has 1 nitrogen and oxygen atoms in total. The van der Waals surface area contributed by atoms with Crippen LogP contribution < -0.4 is 0 Å². The molecule has 0 saturated heterocycles. The molecule has 4 heteroatoms. The van der Waals surface area contributed by atoms with Gasteiger partial charge in [0.15, 0.2) is 0 Å². The first-order valence-corrected chi connectivity index (χ1v) is 6.99. The van der Waals surface area contributed by atoms with E-state index in [-0.39, 0.29) is 0 Å². The molecule has 0 N–H and O–H groups in total. The van der Waals surface area contributed by atoms with Gasteiger partial charge in [0.2, 0.25) is 0 Å². The average molecular weight is 325 g/mol. The van der Waals surface area contributed by atoms with Gasteiger partial charge in [0.1, 0.15) is 0 Å². The predicted octanol–water partition coefficient (Wildman–Crippen LogP) is 4.55. The lowest BCUT2D eigenvalue weighted by Crippen LogP contribution is -2.32. The number of hydrogen-bond donors (Lipinski definition) is 0. The van der Waals surface area contributed by atoms with Gasteiger partial charge in [-0.2, -0.15) is 0 Å². The lowest BCUT2D eigenvalue weighted by molar-refractivity contribution is 0.226. The minimum absolute atomic E-state index is 0.471.